The van der Waals surface area contributed by atoms with Gasteiger partial charge in [-0.1, -0.05) is 13.3 Å². The van der Waals surface area contributed by atoms with Gasteiger partial charge in [-0.2, -0.15) is 0 Å². The third kappa shape index (κ3) is 2.50. The quantitative estimate of drug-likeness (QED) is 0.469. The molecule has 0 amide bonds. The number of methoxy groups -OCH3 is 1. The van der Waals surface area contributed by atoms with Crippen LogP contribution >= 0.6 is 0 Å². The van der Waals surface area contributed by atoms with E-state index in [9.17, 15) is 9.59 Å². The lowest BCUT2D eigenvalue weighted by Crippen LogP contribution is -2.15. The SMILES string of the molecule is CCCCn1cc(C(=O)C(=O)OC)c2cccnc21. The Morgan fingerprint density at radius 2 is 2.21 bits per heavy atom. The van der Waals surface area contributed by atoms with E-state index in [4.69, 9.17) is 0 Å². The van der Waals surface area contributed by atoms with E-state index in [1.165, 1.54) is 7.11 Å². The van der Waals surface area contributed by atoms with Crippen LogP contribution in [0.25, 0.3) is 11.0 Å². The highest BCUT2D eigenvalue weighted by atomic mass is 16.5. The zero-order chi connectivity index (χ0) is 13.8. The van der Waals surface area contributed by atoms with Crippen LogP contribution in [0, 0.1) is 0 Å². The molecular weight excluding hydrogens is 244 g/mol. The lowest BCUT2D eigenvalue weighted by molar-refractivity contribution is -0.135. The maximum atomic E-state index is 12.0. The van der Waals surface area contributed by atoms with Gasteiger partial charge in [-0.05, 0) is 18.6 Å². The second kappa shape index (κ2) is 5.65. The molecule has 0 spiro atoms. The summed E-state index contributed by atoms with van der Waals surface area (Å²) in [6.07, 6.45) is 5.41. The Balaban J connectivity index is 2.49. The third-order valence-electron chi connectivity index (χ3n) is 3.00. The highest BCUT2D eigenvalue weighted by Gasteiger charge is 2.22. The Labute approximate surface area is 111 Å². The summed E-state index contributed by atoms with van der Waals surface area (Å²) >= 11 is 0. The molecular formula is C14H16N2O3. The summed E-state index contributed by atoms with van der Waals surface area (Å²) in [5.41, 5.74) is 1.08. The lowest BCUT2D eigenvalue weighted by Gasteiger charge is -2.01. The Kier molecular flexibility index (Phi) is 3.94. The van der Waals surface area contributed by atoms with E-state index in [1.54, 1.807) is 24.5 Å². The summed E-state index contributed by atoms with van der Waals surface area (Å²) in [5.74, 6) is -1.48. The van der Waals surface area contributed by atoms with Crippen LogP contribution in [0.15, 0.2) is 24.5 Å². The Morgan fingerprint density at radius 1 is 1.42 bits per heavy atom. The van der Waals surface area contributed by atoms with Crippen LogP contribution in [0.4, 0.5) is 0 Å². The van der Waals surface area contributed by atoms with Crippen LogP contribution < -0.4 is 0 Å². The average molecular weight is 260 g/mol. The minimum absolute atomic E-state index is 0.353. The van der Waals surface area contributed by atoms with Crippen molar-refractivity contribution in [2.75, 3.05) is 7.11 Å². The zero-order valence-electron chi connectivity index (χ0n) is 11.0. The topological polar surface area (TPSA) is 61.2 Å². The van der Waals surface area contributed by atoms with Gasteiger partial charge in [-0.15, -0.1) is 0 Å². The van der Waals surface area contributed by atoms with Crippen LogP contribution in [0.3, 0.4) is 0 Å². The second-order valence-corrected chi connectivity index (χ2v) is 4.28. The molecule has 0 bridgehead atoms. The molecule has 2 aromatic rings. The average Bonchev–Trinajstić information content (AvgIpc) is 2.82. The molecule has 0 aliphatic heterocycles. The molecule has 0 aliphatic rings. The van der Waals surface area contributed by atoms with Gasteiger partial charge < -0.3 is 9.30 Å². The molecule has 0 saturated carbocycles. The normalized spacial score (nSPS) is 10.6. The van der Waals surface area contributed by atoms with Crippen LogP contribution in [-0.2, 0) is 16.1 Å². The van der Waals surface area contributed by atoms with Crippen molar-refractivity contribution >= 4 is 22.8 Å². The van der Waals surface area contributed by atoms with Crippen molar-refractivity contribution in [1.29, 1.82) is 0 Å². The fourth-order valence-electron chi connectivity index (χ4n) is 2.01. The first-order valence-electron chi connectivity index (χ1n) is 6.25. The molecule has 0 aliphatic carbocycles. The first kappa shape index (κ1) is 13.3. The number of ether oxygens (including phenoxy) is 1. The van der Waals surface area contributed by atoms with E-state index in [-0.39, 0.29) is 0 Å². The maximum Gasteiger partial charge on any atom is 0.379 e. The minimum Gasteiger partial charge on any atom is -0.463 e. The van der Waals surface area contributed by atoms with E-state index in [1.807, 2.05) is 4.57 Å². The fraction of sp³-hybridized carbons (Fsp3) is 0.357. The number of hydrogen-bond donors (Lipinski definition) is 0. The van der Waals surface area contributed by atoms with Gasteiger partial charge in [0.25, 0.3) is 5.78 Å². The molecule has 2 heterocycles. The smallest absolute Gasteiger partial charge is 0.379 e. The number of pyridine rings is 1. The van der Waals surface area contributed by atoms with E-state index >= 15 is 0 Å². The molecule has 19 heavy (non-hydrogen) atoms. The van der Waals surface area contributed by atoms with Gasteiger partial charge in [0.05, 0.1) is 12.7 Å². The largest absolute Gasteiger partial charge is 0.463 e. The Hall–Kier alpha value is -2.17. The van der Waals surface area contributed by atoms with Crippen molar-refractivity contribution in [3.05, 3.63) is 30.1 Å². The number of carbonyl (C=O) groups excluding carboxylic acids is 2. The maximum absolute atomic E-state index is 12.0. The summed E-state index contributed by atoms with van der Waals surface area (Å²) in [6.45, 7) is 2.87. The van der Waals surface area contributed by atoms with Gasteiger partial charge in [-0.25, -0.2) is 9.78 Å². The van der Waals surface area contributed by atoms with Crippen molar-refractivity contribution in [3.8, 4) is 0 Å². The predicted molar refractivity (Wildman–Crippen MR) is 71.0 cm³/mol. The molecule has 0 atom stereocenters. The predicted octanol–water partition coefficient (Wildman–Crippen LogP) is 2.19. The minimum atomic E-state index is -0.849. The van der Waals surface area contributed by atoms with Gasteiger partial charge in [-0.3, -0.25) is 4.79 Å². The van der Waals surface area contributed by atoms with Crippen LogP contribution in [0.5, 0.6) is 0 Å². The molecule has 100 valence electrons. The van der Waals surface area contributed by atoms with Crippen molar-refractivity contribution < 1.29 is 14.3 Å². The molecule has 0 N–H and O–H groups in total. The van der Waals surface area contributed by atoms with Gasteiger partial charge in [0.15, 0.2) is 0 Å². The summed E-state index contributed by atoms with van der Waals surface area (Å²) in [7, 11) is 1.20. The highest BCUT2D eigenvalue weighted by Crippen LogP contribution is 2.20. The van der Waals surface area contributed by atoms with E-state index < -0.39 is 11.8 Å². The summed E-state index contributed by atoms with van der Waals surface area (Å²) in [6, 6.07) is 3.54. The summed E-state index contributed by atoms with van der Waals surface area (Å²) in [5, 5.41) is 0.689. The van der Waals surface area contributed by atoms with Crippen molar-refractivity contribution in [2.24, 2.45) is 0 Å². The molecule has 2 aromatic heterocycles. The number of Topliss-reactive ketones (excluding diaryl/α,β-unsaturated/α-hetero) is 1. The molecule has 0 aromatic carbocycles. The van der Waals surface area contributed by atoms with Gasteiger partial charge in [0, 0.05) is 24.3 Å². The number of aromatic nitrogens is 2. The van der Waals surface area contributed by atoms with Gasteiger partial charge in [0.1, 0.15) is 5.65 Å². The van der Waals surface area contributed by atoms with E-state index in [0.29, 0.717) is 10.9 Å². The zero-order valence-corrected chi connectivity index (χ0v) is 11.0. The van der Waals surface area contributed by atoms with Gasteiger partial charge >= 0.3 is 5.97 Å². The molecule has 2 rings (SSSR count). The van der Waals surface area contributed by atoms with Crippen molar-refractivity contribution in [1.82, 2.24) is 9.55 Å². The van der Waals surface area contributed by atoms with Crippen LogP contribution in [0.1, 0.15) is 30.1 Å². The number of esters is 1. The fourth-order valence-corrected chi connectivity index (χ4v) is 2.01. The monoisotopic (exact) mass is 260 g/mol. The molecule has 0 saturated heterocycles. The number of fused-ring (bicyclic) bond motifs is 1. The lowest BCUT2D eigenvalue weighted by atomic mass is 10.1. The first-order chi connectivity index (χ1) is 9.19. The standard InChI is InChI=1S/C14H16N2O3/c1-3-4-8-16-9-11(12(17)14(18)19-2)10-6-5-7-15-13(10)16/h5-7,9H,3-4,8H2,1-2H3. The molecule has 0 fully saturated rings. The van der Waals surface area contributed by atoms with Crippen molar-refractivity contribution in [2.45, 2.75) is 26.3 Å². The van der Waals surface area contributed by atoms with E-state index in [0.717, 1.165) is 25.0 Å². The molecule has 5 nitrogen and oxygen atoms in total. The highest BCUT2D eigenvalue weighted by molar-refractivity contribution is 6.42. The second-order valence-electron chi connectivity index (χ2n) is 4.28. The molecule has 0 radical (unpaired) electrons. The van der Waals surface area contributed by atoms with Crippen molar-refractivity contribution in [3.63, 3.8) is 0 Å². The molecule has 5 heteroatoms. The number of aryl methyl sites for hydroxylation is 1. The Bertz CT molecular complexity index is 616. The third-order valence-corrected chi connectivity index (χ3v) is 3.00. The number of ketones is 1. The van der Waals surface area contributed by atoms with Crippen LogP contribution in [0.2, 0.25) is 0 Å². The number of carbonyl (C=O) groups is 2. The van der Waals surface area contributed by atoms with Crippen LogP contribution in [-0.4, -0.2) is 28.4 Å². The number of unbranched alkanes of at least 4 members (excludes halogenated alkanes) is 1. The number of hydrogen-bond acceptors (Lipinski definition) is 4. The van der Waals surface area contributed by atoms with E-state index in [2.05, 4.69) is 16.6 Å². The first-order valence-corrected chi connectivity index (χ1v) is 6.25. The summed E-state index contributed by atoms with van der Waals surface area (Å²) in [4.78, 5) is 27.6. The summed E-state index contributed by atoms with van der Waals surface area (Å²) < 4.78 is 6.40. The number of nitrogens with zero attached hydrogens (tertiary/aromatic N) is 2. The van der Waals surface area contributed by atoms with Gasteiger partial charge in [0.2, 0.25) is 0 Å². The Morgan fingerprint density at radius 3 is 2.89 bits per heavy atom. The molecule has 0 unspecified atom stereocenters. The number of rotatable bonds is 5.